The molecule has 0 fully saturated rings. The van der Waals surface area contributed by atoms with Crippen molar-refractivity contribution in [2.45, 2.75) is 19.4 Å². The van der Waals surface area contributed by atoms with Gasteiger partial charge >= 0.3 is 6.01 Å². The molecule has 1 rings (SSSR count). The smallest absolute Gasteiger partial charge is 0.315 e. The number of aliphatic hydroxyl groups excluding tert-OH is 1. The summed E-state index contributed by atoms with van der Waals surface area (Å²) in [6, 6.07) is 0.242. The summed E-state index contributed by atoms with van der Waals surface area (Å²) in [5, 5.41) is 28.1. The van der Waals surface area contributed by atoms with Crippen molar-refractivity contribution < 1.29 is 14.6 Å². The predicted molar refractivity (Wildman–Crippen MR) is 45.2 cm³/mol. The van der Waals surface area contributed by atoms with Crippen LogP contribution in [0.3, 0.4) is 0 Å². The second kappa shape index (κ2) is 3.71. The van der Waals surface area contributed by atoms with Crippen LogP contribution in [0.15, 0.2) is 4.42 Å². The highest BCUT2D eigenvalue weighted by molar-refractivity contribution is 5.17. The molecule has 74 valence electrons. The zero-order valence-electron chi connectivity index (χ0n) is 7.61. The molecule has 1 aromatic rings. The van der Waals surface area contributed by atoms with Gasteiger partial charge in [0.25, 0.3) is 0 Å². The van der Waals surface area contributed by atoms with Gasteiger partial charge in [0.1, 0.15) is 5.60 Å². The van der Waals surface area contributed by atoms with E-state index in [1.807, 2.05) is 0 Å². The van der Waals surface area contributed by atoms with Gasteiger partial charge < -0.3 is 19.9 Å². The van der Waals surface area contributed by atoms with Gasteiger partial charge in [-0.25, -0.2) is 0 Å². The van der Waals surface area contributed by atoms with Crippen molar-refractivity contribution in [3.05, 3.63) is 5.89 Å². The quantitative estimate of drug-likeness (QED) is 0.590. The largest absolute Gasteiger partial charge is 0.408 e. The van der Waals surface area contributed by atoms with Gasteiger partial charge in [-0.1, -0.05) is 5.10 Å². The Morgan fingerprint density at radius 1 is 1.54 bits per heavy atom. The molecule has 0 saturated carbocycles. The van der Waals surface area contributed by atoms with Crippen LogP contribution in [0.2, 0.25) is 0 Å². The minimum absolute atomic E-state index is 0.158. The number of hydrogen-bond donors (Lipinski definition) is 3. The molecule has 6 nitrogen and oxygen atoms in total. The van der Waals surface area contributed by atoms with Crippen LogP contribution in [0.5, 0.6) is 0 Å². The second-order valence-corrected chi connectivity index (χ2v) is 3.13. The van der Waals surface area contributed by atoms with E-state index in [4.69, 9.17) is 9.52 Å². The van der Waals surface area contributed by atoms with Gasteiger partial charge in [0.15, 0.2) is 0 Å². The molecule has 6 heteroatoms. The molecular weight excluding hydrogens is 174 g/mol. The van der Waals surface area contributed by atoms with Crippen molar-refractivity contribution in [1.29, 1.82) is 0 Å². The fraction of sp³-hybridized carbons (Fsp3) is 0.714. The summed E-state index contributed by atoms with van der Waals surface area (Å²) in [5.74, 6) is 0.450. The first kappa shape index (κ1) is 9.94. The van der Waals surface area contributed by atoms with Crippen LogP contribution >= 0.6 is 0 Å². The molecule has 0 aliphatic rings. The Kier molecular flexibility index (Phi) is 2.84. The highest BCUT2D eigenvalue weighted by atomic mass is 16.4. The number of aliphatic hydroxyl groups is 2. The topological polar surface area (TPSA) is 91.4 Å². The van der Waals surface area contributed by atoms with Gasteiger partial charge in [0, 0.05) is 6.92 Å². The van der Waals surface area contributed by atoms with Gasteiger partial charge in [-0.15, -0.1) is 5.10 Å². The average Bonchev–Trinajstić information content (AvgIpc) is 2.48. The van der Waals surface area contributed by atoms with E-state index in [0.717, 1.165) is 0 Å². The van der Waals surface area contributed by atoms with E-state index in [2.05, 4.69) is 15.5 Å². The first-order chi connectivity index (χ1) is 6.03. The van der Waals surface area contributed by atoms with Crippen LogP contribution in [-0.4, -0.2) is 39.2 Å². The van der Waals surface area contributed by atoms with Gasteiger partial charge in [0.2, 0.25) is 5.89 Å². The SMILES string of the molecule is Cc1nnc(NCC(C)(O)CO)o1. The summed E-state index contributed by atoms with van der Waals surface area (Å²) < 4.78 is 5.00. The van der Waals surface area contributed by atoms with Crippen molar-refractivity contribution in [3.8, 4) is 0 Å². The lowest BCUT2D eigenvalue weighted by atomic mass is 10.1. The molecule has 0 amide bonds. The van der Waals surface area contributed by atoms with Crippen LogP contribution in [0.25, 0.3) is 0 Å². The number of aryl methyl sites for hydroxylation is 1. The average molecular weight is 187 g/mol. The molecule has 3 N–H and O–H groups in total. The molecule has 0 saturated heterocycles. The van der Waals surface area contributed by atoms with Crippen molar-refractivity contribution in [1.82, 2.24) is 10.2 Å². The third-order valence-corrected chi connectivity index (χ3v) is 1.49. The molecular formula is C7H13N3O3. The van der Waals surface area contributed by atoms with Crippen molar-refractivity contribution in [3.63, 3.8) is 0 Å². The molecule has 0 aliphatic carbocycles. The van der Waals surface area contributed by atoms with Crippen LogP contribution in [0.1, 0.15) is 12.8 Å². The molecule has 1 heterocycles. The lowest BCUT2D eigenvalue weighted by Crippen LogP contribution is -2.37. The van der Waals surface area contributed by atoms with E-state index in [9.17, 15) is 5.11 Å². The van der Waals surface area contributed by atoms with Crippen molar-refractivity contribution >= 4 is 6.01 Å². The monoisotopic (exact) mass is 187 g/mol. The fourth-order valence-corrected chi connectivity index (χ4v) is 0.690. The molecule has 1 unspecified atom stereocenters. The first-order valence-electron chi connectivity index (χ1n) is 3.91. The molecule has 1 aromatic heterocycles. The van der Waals surface area contributed by atoms with Gasteiger partial charge in [-0.3, -0.25) is 0 Å². The van der Waals surface area contributed by atoms with E-state index < -0.39 is 5.60 Å². The Hall–Kier alpha value is -1.14. The van der Waals surface area contributed by atoms with Crippen LogP contribution in [-0.2, 0) is 0 Å². The number of anilines is 1. The van der Waals surface area contributed by atoms with Crippen LogP contribution < -0.4 is 5.32 Å². The standard InChI is InChI=1S/C7H13N3O3/c1-5-9-10-6(13-5)8-3-7(2,12)4-11/h11-12H,3-4H2,1-2H3,(H,8,10). The van der Waals surface area contributed by atoms with Crippen LogP contribution in [0, 0.1) is 6.92 Å². The molecule has 13 heavy (non-hydrogen) atoms. The Balaban J connectivity index is 2.43. The zero-order chi connectivity index (χ0) is 9.90. The number of rotatable bonds is 4. The molecule has 0 aromatic carbocycles. The summed E-state index contributed by atoms with van der Waals surface area (Å²) in [6.45, 7) is 3.00. The Labute approximate surface area is 75.6 Å². The van der Waals surface area contributed by atoms with Gasteiger partial charge in [-0.05, 0) is 6.92 Å². The molecule has 0 bridgehead atoms. The maximum Gasteiger partial charge on any atom is 0.315 e. The minimum atomic E-state index is -1.18. The third kappa shape index (κ3) is 3.00. The lowest BCUT2D eigenvalue weighted by molar-refractivity contribution is 0.0128. The summed E-state index contributed by atoms with van der Waals surface area (Å²) in [6.07, 6.45) is 0. The van der Waals surface area contributed by atoms with E-state index >= 15 is 0 Å². The van der Waals surface area contributed by atoms with E-state index in [-0.39, 0.29) is 19.2 Å². The van der Waals surface area contributed by atoms with E-state index in [1.165, 1.54) is 6.92 Å². The Morgan fingerprint density at radius 3 is 2.69 bits per heavy atom. The predicted octanol–water partition coefficient (Wildman–Crippen LogP) is -0.467. The molecule has 0 radical (unpaired) electrons. The number of aromatic nitrogens is 2. The summed E-state index contributed by atoms with van der Waals surface area (Å²) in [7, 11) is 0. The normalized spacial score (nSPS) is 15.4. The van der Waals surface area contributed by atoms with E-state index in [0.29, 0.717) is 5.89 Å². The molecule has 0 aliphatic heterocycles. The molecule has 1 atom stereocenters. The Bertz CT molecular complexity index is 272. The van der Waals surface area contributed by atoms with Gasteiger partial charge in [0.05, 0.1) is 13.2 Å². The van der Waals surface area contributed by atoms with Crippen LogP contribution in [0.4, 0.5) is 6.01 Å². The fourth-order valence-electron chi connectivity index (χ4n) is 0.690. The number of nitrogens with zero attached hydrogens (tertiary/aromatic N) is 2. The maximum absolute atomic E-state index is 9.39. The van der Waals surface area contributed by atoms with Crippen molar-refractivity contribution in [2.24, 2.45) is 0 Å². The van der Waals surface area contributed by atoms with Crippen molar-refractivity contribution in [2.75, 3.05) is 18.5 Å². The summed E-state index contributed by atoms with van der Waals surface area (Å²) in [4.78, 5) is 0. The second-order valence-electron chi connectivity index (χ2n) is 3.13. The maximum atomic E-state index is 9.39. The number of nitrogens with one attached hydrogen (secondary N) is 1. The van der Waals surface area contributed by atoms with Gasteiger partial charge in [-0.2, -0.15) is 0 Å². The third-order valence-electron chi connectivity index (χ3n) is 1.49. The summed E-state index contributed by atoms with van der Waals surface area (Å²) in [5.41, 5.74) is -1.18. The number of hydrogen-bond acceptors (Lipinski definition) is 6. The minimum Gasteiger partial charge on any atom is -0.408 e. The lowest BCUT2D eigenvalue weighted by Gasteiger charge is -2.19. The first-order valence-corrected chi connectivity index (χ1v) is 3.91. The van der Waals surface area contributed by atoms with E-state index in [1.54, 1.807) is 6.92 Å². The Morgan fingerprint density at radius 2 is 2.23 bits per heavy atom. The zero-order valence-corrected chi connectivity index (χ0v) is 7.61. The highest BCUT2D eigenvalue weighted by Crippen LogP contribution is 2.07. The molecule has 0 spiro atoms. The summed E-state index contributed by atoms with van der Waals surface area (Å²) >= 11 is 0. The highest BCUT2D eigenvalue weighted by Gasteiger charge is 2.19.